The molecule has 1 aliphatic rings. The third-order valence-electron chi connectivity index (χ3n) is 7.28. The molecule has 0 saturated carbocycles. The van der Waals surface area contributed by atoms with Gasteiger partial charge in [-0.3, -0.25) is 9.59 Å². The van der Waals surface area contributed by atoms with Crippen LogP contribution >= 0.6 is 23.2 Å². The zero-order valence-electron chi connectivity index (χ0n) is 22.8. The Balaban J connectivity index is 1.68. The predicted octanol–water partition coefficient (Wildman–Crippen LogP) is 3.17. The van der Waals surface area contributed by atoms with Crippen LogP contribution in [0.4, 0.5) is 5.82 Å². The fourth-order valence-electron chi connectivity index (χ4n) is 5.21. The van der Waals surface area contributed by atoms with Crippen LogP contribution in [0.2, 0.25) is 10.0 Å². The zero-order chi connectivity index (χ0) is 29.3. The van der Waals surface area contributed by atoms with Crippen molar-refractivity contribution in [3.05, 3.63) is 62.1 Å². The number of pyridine rings is 1. The number of rotatable bonds is 10. The average molecular weight is 601 g/mol. The summed E-state index contributed by atoms with van der Waals surface area (Å²) in [6, 6.07) is 8.34. The number of nitrogens with two attached hydrogens (primary N) is 2. The topological polar surface area (TPSA) is 144 Å². The molecule has 0 unspecified atom stereocenters. The number of benzene rings is 1. The highest BCUT2D eigenvalue weighted by Crippen LogP contribution is 2.35. The molecule has 0 spiro atoms. The Morgan fingerprint density at radius 2 is 1.78 bits per heavy atom. The lowest BCUT2D eigenvalue weighted by Gasteiger charge is -2.16. The molecule has 4 aromatic rings. The minimum atomic E-state index is -0.630. The van der Waals surface area contributed by atoms with Gasteiger partial charge in [0.05, 0.1) is 33.2 Å². The molecule has 13 heteroatoms. The summed E-state index contributed by atoms with van der Waals surface area (Å²) in [5.41, 5.74) is 13.9. The van der Waals surface area contributed by atoms with E-state index in [1.54, 1.807) is 35.9 Å². The van der Waals surface area contributed by atoms with Crippen LogP contribution in [0.15, 0.2) is 35.1 Å². The summed E-state index contributed by atoms with van der Waals surface area (Å²) in [6.45, 7) is 3.24. The average Bonchev–Trinajstić information content (AvgIpc) is 3.57. The number of halogens is 2. The van der Waals surface area contributed by atoms with Gasteiger partial charge in [-0.25, -0.2) is 9.97 Å². The number of carbonyl (C=O) groups is 1. The van der Waals surface area contributed by atoms with Gasteiger partial charge in [0.1, 0.15) is 18.1 Å². The summed E-state index contributed by atoms with van der Waals surface area (Å²) in [6.07, 6.45) is 3.09. The van der Waals surface area contributed by atoms with Gasteiger partial charge < -0.3 is 30.5 Å². The Morgan fingerprint density at radius 1 is 1.07 bits per heavy atom. The number of carbonyl (C=O) groups excluding carboxylic acids is 1. The first-order valence-corrected chi connectivity index (χ1v) is 14.0. The van der Waals surface area contributed by atoms with E-state index in [0.717, 1.165) is 30.1 Å². The van der Waals surface area contributed by atoms with Crippen LogP contribution in [0.25, 0.3) is 33.5 Å². The number of aromatic nitrogens is 4. The van der Waals surface area contributed by atoms with Gasteiger partial charge in [-0.05, 0) is 50.2 Å². The second kappa shape index (κ2) is 12.1. The van der Waals surface area contributed by atoms with E-state index in [4.69, 9.17) is 44.2 Å². The second-order valence-corrected chi connectivity index (χ2v) is 10.7. The van der Waals surface area contributed by atoms with Gasteiger partial charge >= 0.3 is 0 Å². The third kappa shape index (κ3) is 5.62. The molecule has 1 aromatic carbocycles. The number of amides is 1. The van der Waals surface area contributed by atoms with Crippen LogP contribution in [0.1, 0.15) is 29.0 Å². The number of fused-ring (bicyclic) bond motifs is 1. The summed E-state index contributed by atoms with van der Waals surface area (Å²) in [5.74, 6) is -0.426. The van der Waals surface area contributed by atoms with Gasteiger partial charge in [0.2, 0.25) is 0 Å². The quantitative estimate of drug-likeness (QED) is 0.264. The lowest BCUT2D eigenvalue weighted by atomic mass is 10.1. The van der Waals surface area contributed by atoms with Crippen molar-refractivity contribution in [1.29, 1.82) is 0 Å². The highest BCUT2D eigenvalue weighted by molar-refractivity contribution is 6.39. The molecule has 216 valence electrons. The maximum Gasteiger partial charge on any atom is 0.293 e. The molecule has 3 aromatic heterocycles. The number of hydrogen-bond donors (Lipinski definition) is 2. The summed E-state index contributed by atoms with van der Waals surface area (Å²) in [5, 5.41) is 0.901. The van der Waals surface area contributed by atoms with Gasteiger partial charge in [-0.2, -0.15) is 0 Å². The van der Waals surface area contributed by atoms with E-state index in [1.165, 1.54) is 20.0 Å². The summed E-state index contributed by atoms with van der Waals surface area (Å²) >= 11 is 12.9. The van der Waals surface area contributed by atoms with E-state index in [2.05, 4.69) is 14.9 Å². The Morgan fingerprint density at radius 3 is 2.44 bits per heavy atom. The van der Waals surface area contributed by atoms with Gasteiger partial charge in [0, 0.05) is 38.4 Å². The molecule has 1 aliphatic heterocycles. The van der Waals surface area contributed by atoms with Gasteiger partial charge in [-0.1, -0.05) is 29.3 Å². The Bertz CT molecular complexity index is 1660. The monoisotopic (exact) mass is 599 g/mol. The van der Waals surface area contributed by atoms with Crippen LogP contribution in [0.3, 0.4) is 0 Å². The molecule has 5 rings (SSSR count). The van der Waals surface area contributed by atoms with Crippen molar-refractivity contribution in [3.8, 4) is 22.5 Å². The molecule has 11 nitrogen and oxygen atoms in total. The molecule has 1 saturated heterocycles. The zero-order valence-corrected chi connectivity index (χ0v) is 24.3. The maximum absolute atomic E-state index is 13.8. The molecule has 4 N–H and O–H groups in total. The van der Waals surface area contributed by atoms with Crippen LogP contribution < -0.4 is 21.9 Å². The van der Waals surface area contributed by atoms with Crippen LogP contribution in [-0.4, -0.2) is 70.0 Å². The SMILES string of the molecule is COCCOn1c(=O)c(-c2c(Cl)cccc2Cl)cc2c(N)nc(-c3cc(CCN4CCCC4)n(C)c3C(N)=O)nc21. The third-order valence-corrected chi connectivity index (χ3v) is 7.91. The first kappa shape index (κ1) is 28.9. The van der Waals surface area contributed by atoms with Crippen LogP contribution in [0, 0.1) is 0 Å². The molecule has 0 bridgehead atoms. The first-order chi connectivity index (χ1) is 19.7. The number of nitrogen functional groups attached to an aromatic ring is 1. The fraction of sp³-hybridized carbons (Fsp3) is 0.357. The highest BCUT2D eigenvalue weighted by atomic mass is 35.5. The van der Waals surface area contributed by atoms with E-state index in [0.29, 0.717) is 22.9 Å². The van der Waals surface area contributed by atoms with Crippen molar-refractivity contribution in [3.63, 3.8) is 0 Å². The van der Waals surface area contributed by atoms with E-state index < -0.39 is 11.5 Å². The van der Waals surface area contributed by atoms with E-state index in [9.17, 15) is 9.59 Å². The van der Waals surface area contributed by atoms with Crippen LogP contribution in [-0.2, 0) is 18.2 Å². The van der Waals surface area contributed by atoms with Crippen molar-refractivity contribution in [1.82, 2.24) is 24.2 Å². The van der Waals surface area contributed by atoms with Crippen molar-refractivity contribution in [2.75, 3.05) is 45.7 Å². The van der Waals surface area contributed by atoms with Gasteiger partial charge in [0.15, 0.2) is 11.5 Å². The molecule has 4 heterocycles. The summed E-state index contributed by atoms with van der Waals surface area (Å²) in [7, 11) is 3.31. The van der Waals surface area contributed by atoms with Gasteiger partial charge in [-0.15, -0.1) is 4.73 Å². The maximum atomic E-state index is 13.8. The minimum Gasteiger partial charge on any atom is -0.406 e. The molecule has 41 heavy (non-hydrogen) atoms. The lowest BCUT2D eigenvalue weighted by molar-refractivity contribution is 0.0584. The fourth-order valence-corrected chi connectivity index (χ4v) is 5.81. The first-order valence-electron chi connectivity index (χ1n) is 13.2. The standard InChI is InChI=1S/C28H31Cl2N7O4/c1-35-16(8-11-36-9-3-4-10-36)14-18(23(35)25(32)38)26-33-24(31)19-15-17(22-20(29)6-5-7-21(22)30)28(39)37(27(19)34-26)41-13-12-40-2/h5-7,14-15H,3-4,8-13H2,1-2H3,(H2,32,38)(H2,31,33,34). The van der Waals surface area contributed by atoms with Crippen molar-refractivity contribution in [2.24, 2.45) is 12.8 Å². The van der Waals surface area contributed by atoms with Gasteiger partial charge in [0.25, 0.3) is 11.5 Å². The summed E-state index contributed by atoms with van der Waals surface area (Å²) < 4.78 is 7.91. The number of likely N-dealkylation sites (tertiary alicyclic amines) is 1. The van der Waals surface area contributed by atoms with Crippen molar-refractivity contribution < 1.29 is 14.4 Å². The van der Waals surface area contributed by atoms with E-state index in [1.807, 2.05) is 6.07 Å². The molecule has 0 atom stereocenters. The van der Waals surface area contributed by atoms with Crippen LogP contribution in [0.5, 0.6) is 0 Å². The number of methoxy groups -OCH3 is 1. The van der Waals surface area contributed by atoms with Crippen molar-refractivity contribution in [2.45, 2.75) is 19.3 Å². The molecule has 1 fully saturated rings. The normalized spacial score (nSPS) is 13.8. The number of primary amides is 1. The van der Waals surface area contributed by atoms with E-state index in [-0.39, 0.29) is 51.8 Å². The highest BCUT2D eigenvalue weighted by Gasteiger charge is 2.25. The number of anilines is 1. The van der Waals surface area contributed by atoms with E-state index >= 15 is 0 Å². The molecule has 0 radical (unpaired) electrons. The molecular formula is C28H31Cl2N7O4. The number of hydrogen-bond acceptors (Lipinski definition) is 8. The number of nitrogens with zero attached hydrogens (tertiary/aromatic N) is 5. The molecular weight excluding hydrogens is 569 g/mol. The summed E-state index contributed by atoms with van der Waals surface area (Å²) in [4.78, 5) is 43.8. The largest absolute Gasteiger partial charge is 0.406 e. The molecule has 0 aliphatic carbocycles. The predicted molar refractivity (Wildman–Crippen MR) is 159 cm³/mol. The lowest BCUT2D eigenvalue weighted by Crippen LogP contribution is -2.31. The Labute approximate surface area is 246 Å². The Kier molecular flexibility index (Phi) is 8.50. The Hall–Kier alpha value is -3.64. The van der Waals surface area contributed by atoms with Crippen molar-refractivity contribution >= 4 is 46.0 Å². The molecule has 1 amide bonds. The number of ether oxygens (including phenoxy) is 1. The smallest absolute Gasteiger partial charge is 0.293 e. The second-order valence-electron chi connectivity index (χ2n) is 9.87. The minimum absolute atomic E-state index is 0.0446.